The molecule has 1 unspecified atom stereocenters. The highest BCUT2D eigenvalue weighted by atomic mass is 79.9. The fourth-order valence-electron chi connectivity index (χ4n) is 1.51. The molecule has 1 aromatic heterocycles. The lowest BCUT2D eigenvalue weighted by atomic mass is 10.3. The van der Waals surface area contributed by atoms with Gasteiger partial charge in [-0.05, 0) is 41.4 Å². The quantitative estimate of drug-likeness (QED) is 0.769. The van der Waals surface area contributed by atoms with Crippen LogP contribution in [0.25, 0.3) is 0 Å². The predicted octanol–water partition coefficient (Wildman–Crippen LogP) is 3.33. The summed E-state index contributed by atoms with van der Waals surface area (Å²) >= 11 is 6.75. The van der Waals surface area contributed by atoms with Crippen LogP contribution in [-0.4, -0.2) is 34.9 Å². The average Bonchev–Trinajstić information content (AvgIpc) is 2.81. The molecular formula is C13H21BrN2OS2. The normalized spacial score (nSPS) is 12.4. The van der Waals surface area contributed by atoms with Gasteiger partial charge in [0.2, 0.25) is 5.91 Å². The molecule has 6 heteroatoms. The van der Waals surface area contributed by atoms with Crippen LogP contribution in [-0.2, 0) is 11.3 Å². The van der Waals surface area contributed by atoms with E-state index in [4.69, 9.17) is 5.73 Å². The second kappa shape index (κ2) is 9.00. The van der Waals surface area contributed by atoms with E-state index in [1.54, 1.807) is 23.1 Å². The summed E-state index contributed by atoms with van der Waals surface area (Å²) in [5, 5.41) is 0. The van der Waals surface area contributed by atoms with Crippen molar-refractivity contribution in [2.45, 2.75) is 32.9 Å². The lowest BCUT2D eigenvalue weighted by Crippen LogP contribution is -2.32. The summed E-state index contributed by atoms with van der Waals surface area (Å²) in [7, 11) is 0. The Morgan fingerprint density at radius 1 is 1.53 bits per heavy atom. The zero-order chi connectivity index (χ0) is 14.3. The minimum atomic E-state index is 0.195. The molecular weight excluding hydrogens is 344 g/mol. The van der Waals surface area contributed by atoms with Crippen LogP contribution in [0.4, 0.5) is 0 Å². The minimum Gasteiger partial charge on any atom is -0.337 e. The highest BCUT2D eigenvalue weighted by Crippen LogP contribution is 2.23. The molecule has 1 amide bonds. The van der Waals surface area contributed by atoms with Gasteiger partial charge in [0.25, 0.3) is 0 Å². The number of hydrogen-bond acceptors (Lipinski definition) is 4. The van der Waals surface area contributed by atoms with Crippen LogP contribution in [0.2, 0.25) is 0 Å². The van der Waals surface area contributed by atoms with Gasteiger partial charge in [0.1, 0.15) is 0 Å². The molecule has 2 N–H and O–H groups in total. The summed E-state index contributed by atoms with van der Waals surface area (Å²) in [5.41, 5.74) is 5.84. The molecule has 0 aliphatic rings. The van der Waals surface area contributed by atoms with E-state index in [9.17, 15) is 4.79 Å². The van der Waals surface area contributed by atoms with E-state index in [0.29, 0.717) is 12.3 Å². The van der Waals surface area contributed by atoms with Gasteiger partial charge in [-0.25, -0.2) is 0 Å². The van der Waals surface area contributed by atoms with Gasteiger partial charge in [0.05, 0.1) is 16.1 Å². The van der Waals surface area contributed by atoms with Crippen LogP contribution in [0.15, 0.2) is 15.9 Å². The maximum atomic E-state index is 12.1. The highest BCUT2D eigenvalue weighted by Gasteiger charge is 2.13. The zero-order valence-electron chi connectivity index (χ0n) is 11.4. The van der Waals surface area contributed by atoms with Gasteiger partial charge < -0.3 is 10.6 Å². The lowest BCUT2D eigenvalue weighted by Gasteiger charge is -2.20. The maximum absolute atomic E-state index is 12.1. The Kier molecular flexibility index (Phi) is 8.06. The fraction of sp³-hybridized carbons (Fsp3) is 0.615. The highest BCUT2D eigenvalue weighted by molar-refractivity contribution is 9.11. The Balaban J connectivity index is 2.39. The van der Waals surface area contributed by atoms with Gasteiger partial charge in [-0.1, -0.05) is 6.92 Å². The molecule has 1 rings (SSSR count). The van der Waals surface area contributed by atoms with Crippen LogP contribution < -0.4 is 5.73 Å². The van der Waals surface area contributed by atoms with Crippen LogP contribution >= 0.6 is 39.0 Å². The van der Waals surface area contributed by atoms with Crippen molar-refractivity contribution in [3.8, 4) is 0 Å². The summed E-state index contributed by atoms with van der Waals surface area (Å²) in [6.07, 6.45) is 0.960. The summed E-state index contributed by atoms with van der Waals surface area (Å²) in [6, 6.07) is 4.28. The summed E-state index contributed by atoms with van der Waals surface area (Å²) in [6.45, 7) is 5.53. The van der Waals surface area contributed by atoms with Gasteiger partial charge in [0.15, 0.2) is 0 Å². The van der Waals surface area contributed by atoms with Gasteiger partial charge in [-0.3, -0.25) is 4.79 Å². The lowest BCUT2D eigenvalue weighted by molar-refractivity contribution is -0.128. The summed E-state index contributed by atoms with van der Waals surface area (Å²) in [4.78, 5) is 15.2. The SMILES string of the molecule is CCC(N)CSCC(=O)N(CC)Cc1ccc(Br)s1. The number of thiophene rings is 1. The first-order valence-corrected chi connectivity index (χ1v) is 9.18. The Labute approximate surface area is 132 Å². The first-order chi connectivity index (χ1) is 9.06. The number of amides is 1. The molecule has 1 aromatic rings. The molecule has 1 heterocycles. The van der Waals surface area contributed by atoms with Crippen LogP contribution in [0.3, 0.4) is 0 Å². The van der Waals surface area contributed by atoms with E-state index in [2.05, 4.69) is 28.9 Å². The number of hydrogen-bond donors (Lipinski definition) is 1. The van der Waals surface area contributed by atoms with Crippen molar-refractivity contribution in [3.05, 3.63) is 20.8 Å². The van der Waals surface area contributed by atoms with E-state index in [0.717, 1.165) is 22.5 Å². The second-order valence-corrected chi connectivity index (χ2v) is 7.88. The number of carbonyl (C=O) groups is 1. The third-order valence-electron chi connectivity index (χ3n) is 2.79. The molecule has 0 spiro atoms. The molecule has 19 heavy (non-hydrogen) atoms. The first-order valence-electron chi connectivity index (χ1n) is 6.42. The number of halogens is 1. The number of rotatable bonds is 8. The fourth-order valence-corrected chi connectivity index (χ4v) is 4.02. The van der Waals surface area contributed by atoms with Crippen molar-refractivity contribution in [1.82, 2.24) is 4.90 Å². The Bertz CT molecular complexity index is 398. The second-order valence-electron chi connectivity index (χ2n) is 4.30. The van der Waals surface area contributed by atoms with Crippen molar-refractivity contribution in [2.75, 3.05) is 18.1 Å². The first kappa shape index (κ1) is 17.0. The molecule has 0 aromatic carbocycles. The third kappa shape index (κ3) is 6.29. The molecule has 0 radical (unpaired) electrons. The molecule has 0 fully saturated rings. The summed E-state index contributed by atoms with van der Waals surface area (Å²) in [5.74, 6) is 1.57. The van der Waals surface area contributed by atoms with Gasteiger partial charge in [-0.2, -0.15) is 11.8 Å². The van der Waals surface area contributed by atoms with Gasteiger partial charge >= 0.3 is 0 Å². The monoisotopic (exact) mass is 364 g/mol. The number of nitrogens with zero attached hydrogens (tertiary/aromatic N) is 1. The third-order valence-corrected chi connectivity index (χ3v) is 5.52. The maximum Gasteiger partial charge on any atom is 0.232 e. The molecule has 1 atom stereocenters. The number of nitrogens with two attached hydrogens (primary N) is 1. The predicted molar refractivity (Wildman–Crippen MR) is 88.7 cm³/mol. The van der Waals surface area contributed by atoms with Crippen molar-refractivity contribution in [2.24, 2.45) is 5.73 Å². The Hall–Kier alpha value is -0.0400. The Morgan fingerprint density at radius 2 is 2.26 bits per heavy atom. The standard InChI is InChI=1S/C13H21BrN2OS2/c1-3-10(15)8-18-9-13(17)16(4-2)7-11-5-6-12(14)19-11/h5-6,10H,3-4,7-9,15H2,1-2H3. The molecule has 0 bridgehead atoms. The average molecular weight is 365 g/mol. The van der Waals surface area contributed by atoms with Crippen LogP contribution in [0, 0.1) is 0 Å². The van der Waals surface area contributed by atoms with Crippen LogP contribution in [0.1, 0.15) is 25.1 Å². The van der Waals surface area contributed by atoms with Crippen molar-refractivity contribution >= 4 is 44.9 Å². The number of thioether (sulfide) groups is 1. The zero-order valence-corrected chi connectivity index (χ0v) is 14.6. The molecule has 0 saturated carbocycles. The van der Waals surface area contributed by atoms with E-state index < -0.39 is 0 Å². The molecule has 0 aliphatic carbocycles. The molecule has 0 aliphatic heterocycles. The van der Waals surface area contributed by atoms with E-state index >= 15 is 0 Å². The minimum absolute atomic E-state index is 0.195. The van der Waals surface area contributed by atoms with E-state index in [1.165, 1.54) is 4.88 Å². The van der Waals surface area contributed by atoms with Crippen molar-refractivity contribution in [1.29, 1.82) is 0 Å². The van der Waals surface area contributed by atoms with E-state index in [1.807, 2.05) is 17.9 Å². The number of carbonyl (C=O) groups excluding carboxylic acids is 1. The van der Waals surface area contributed by atoms with E-state index in [-0.39, 0.29) is 11.9 Å². The topological polar surface area (TPSA) is 46.3 Å². The molecule has 3 nitrogen and oxygen atoms in total. The van der Waals surface area contributed by atoms with Crippen molar-refractivity contribution in [3.63, 3.8) is 0 Å². The van der Waals surface area contributed by atoms with Gasteiger partial charge in [-0.15, -0.1) is 11.3 Å². The van der Waals surface area contributed by atoms with Crippen LogP contribution in [0.5, 0.6) is 0 Å². The summed E-state index contributed by atoms with van der Waals surface area (Å²) < 4.78 is 1.11. The van der Waals surface area contributed by atoms with Crippen molar-refractivity contribution < 1.29 is 4.79 Å². The molecule has 108 valence electrons. The Morgan fingerprint density at radius 3 is 2.79 bits per heavy atom. The largest absolute Gasteiger partial charge is 0.337 e. The smallest absolute Gasteiger partial charge is 0.232 e. The van der Waals surface area contributed by atoms with Gasteiger partial charge in [0, 0.05) is 23.2 Å². The molecule has 0 saturated heterocycles.